The van der Waals surface area contributed by atoms with Crippen molar-refractivity contribution in [3.63, 3.8) is 0 Å². The largest absolute Gasteiger partial charge is 0.251 e. The molecule has 48 valence electrons. The molecule has 0 atom stereocenters. The van der Waals surface area contributed by atoms with Crippen LogP contribution in [0.2, 0.25) is 0 Å². The van der Waals surface area contributed by atoms with Gasteiger partial charge in [0, 0.05) is 5.92 Å². The summed E-state index contributed by atoms with van der Waals surface area (Å²) < 4.78 is 23.1. The van der Waals surface area contributed by atoms with E-state index in [9.17, 15) is 8.78 Å². The van der Waals surface area contributed by atoms with Crippen molar-refractivity contribution in [3.8, 4) is 0 Å². The van der Waals surface area contributed by atoms with Crippen molar-refractivity contribution in [1.29, 1.82) is 0 Å². The van der Waals surface area contributed by atoms with Crippen LogP contribution in [0.4, 0.5) is 8.78 Å². The molecule has 0 spiro atoms. The van der Waals surface area contributed by atoms with Crippen molar-refractivity contribution in [1.82, 2.24) is 0 Å². The van der Waals surface area contributed by atoms with E-state index in [0.717, 1.165) is 0 Å². The molecule has 0 bridgehead atoms. The smallest absolute Gasteiger partial charge is 0.0950 e. The Morgan fingerprint density at radius 1 is 1.38 bits per heavy atom. The third-order valence-electron chi connectivity index (χ3n) is 0.936. The average Bonchev–Trinajstić information content (AvgIpc) is 1.83. The second-order valence-electron chi connectivity index (χ2n) is 1.70. The Kier molecular flexibility index (Phi) is 4.51. The first kappa shape index (κ1) is 7.60. The third-order valence-corrected chi connectivity index (χ3v) is 0.936. The van der Waals surface area contributed by atoms with Crippen LogP contribution in [0.25, 0.3) is 0 Å². The number of allylic oxidation sites excluding steroid dienone is 1. The van der Waals surface area contributed by atoms with Crippen LogP contribution in [0, 0.1) is 5.92 Å². The van der Waals surface area contributed by atoms with Gasteiger partial charge in [0.05, 0.1) is 13.3 Å². The van der Waals surface area contributed by atoms with E-state index in [2.05, 4.69) is 6.58 Å². The van der Waals surface area contributed by atoms with Gasteiger partial charge < -0.3 is 0 Å². The molecule has 0 radical (unpaired) electrons. The lowest BCUT2D eigenvalue weighted by molar-refractivity contribution is 0.291. The van der Waals surface area contributed by atoms with Crippen LogP contribution in [0.15, 0.2) is 12.7 Å². The van der Waals surface area contributed by atoms with E-state index in [-0.39, 0.29) is 0 Å². The second-order valence-corrected chi connectivity index (χ2v) is 1.70. The highest BCUT2D eigenvalue weighted by Crippen LogP contribution is 2.03. The van der Waals surface area contributed by atoms with Gasteiger partial charge in [0.1, 0.15) is 0 Å². The normalized spacial score (nSPS) is 9.88. The maximum atomic E-state index is 11.6. The molecule has 0 aromatic heterocycles. The van der Waals surface area contributed by atoms with Crippen LogP contribution in [0.1, 0.15) is 6.42 Å². The lowest BCUT2D eigenvalue weighted by atomic mass is 10.1. The van der Waals surface area contributed by atoms with Crippen molar-refractivity contribution >= 4 is 0 Å². The van der Waals surface area contributed by atoms with Crippen molar-refractivity contribution in [3.05, 3.63) is 12.7 Å². The number of hydrogen-bond acceptors (Lipinski definition) is 0. The van der Waals surface area contributed by atoms with Gasteiger partial charge in [0.2, 0.25) is 0 Å². The summed E-state index contributed by atoms with van der Waals surface area (Å²) in [6, 6.07) is 0. The van der Waals surface area contributed by atoms with E-state index in [1.807, 2.05) is 0 Å². The zero-order chi connectivity index (χ0) is 6.41. The van der Waals surface area contributed by atoms with E-state index < -0.39 is 19.3 Å². The Labute approximate surface area is 48.2 Å². The predicted octanol–water partition coefficient (Wildman–Crippen LogP) is 2.12. The SMILES string of the molecule is C=CCC(CF)CF. The molecule has 0 aromatic carbocycles. The molecule has 0 nitrogen and oxygen atoms in total. The molecule has 0 N–H and O–H groups in total. The lowest BCUT2D eigenvalue weighted by Gasteiger charge is -2.01. The molecule has 8 heavy (non-hydrogen) atoms. The summed E-state index contributed by atoms with van der Waals surface area (Å²) in [7, 11) is 0. The molecule has 2 heteroatoms. The fourth-order valence-corrected chi connectivity index (χ4v) is 0.403. The Morgan fingerprint density at radius 3 is 2.00 bits per heavy atom. The minimum atomic E-state index is -0.581. The topological polar surface area (TPSA) is 0 Å². The minimum absolute atomic E-state index is 0.438. The molecule has 0 aromatic rings. The Balaban J connectivity index is 3.20. The summed E-state index contributed by atoms with van der Waals surface area (Å²) in [6.07, 6.45) is 1.97. The second kappa shape index (κ2) is 4.75. The monoisotopic (exact) mass is 120 g/mol. The molecule has 0 heterocycles. The molecule has 0 amide bonds. The Hall–Kier alpha value is -0.400. The average molecular weight is 120 g/mol. The first-order valence-corrected chi connectivity index (χ1v) is 2.58. The highest BCUT2D eigenvalue weighted by molar-refractivity contribution is 4.71. The van der Waals surface area contributed by atoms with E-state index >= 15 is 0 Å². The number of hydrogen-bond donors (Lipinski definition) is 0. The van der Waals surface area contributed by atoms with Crippen LogP contribution < -0.4 is 0 Å². The van der Waals surface area contributed by atoms with Crippen molar-refractivity contribution in [2.45, 2.75) is 6.42 Å². The summed E-state index contributed by atoms with van der Waals surface area (Å²) in [5.74, 6) is -0.451. The van der Waals surface area contributed by atoms with Crippen molar-refractivity contribution in [2.24, 2.45) is 5.92 Å². The van der Waals surface area contributed by atoms with E-state index in [4.69, 9.17) is 0 Å². The Morgan fingerprint density at radius 2 is 1.88 bits per heavy atom. The molecule has 0 rings (SSSR count). The van der Waals surface area contributed by atoms with Crippen molar-refractivity contribution < 1.29 is 8.78 Å². The fourth-order valence-electron chi connectivity index (χ4n) is 0.403. The van der Waals surface area contributed by atoms with Crippen LogP contribution in [0.3, 0.4) is 0 Å². The van der Waals surface area contributed by atoms with Crippen LogP contribution in [-0.2, 0) is 0 Å². The van der Waals surface area contributed by atoms with Gasteiger partial charge in [-0.05, 0) is 6.42 Å². The molecule has 0 saturated heterocycles. The van der Waals surface area contributed by atoms with Gasteiger partial charge >= 0.3 is 0 Å². The van der Waals surface area contributed by atoms with Gasteiger partial charge in [-0.15, -0.1) is 6.58 Å². The Bertz CT molecular complexity index is 57.5. The predicted molar refractivity (Wildman–Crippen MR) is 30.3 cm³/mol. The van der Waals surface area contributed by atoms with Gasteiger partial charge in [0.25, 0.3) is 0 Å². The van der Waals surface area contributed by atoms with Gasteiger partial charge in [-0.25, -0.2) is 0 Å². The number of alkyl halides is 2. The number of rotatable bonds is 4. The molecule has 0 unspecified atom stereocenters. The van der Waals surface area contributed by atoms with Crippen LogP contribution in [0.5, 0.6) is 0 Å². The first-order valence-electron chi connectivity index (χ1n) is 2.58. The maximum absolute atomic E-state index is 11.6. The summed E-state index contributed by atoms with van der Waals surface area (Å²) >= 11 is 0. The van der Waals surface area contributed by atoms with Crippen LogP contribution in [-0.4, -0.2) is 13.3 Å². The van der Waals surface area contributed by atoms with Crippen LogP contribution >= 0.6 is 0 Å². The fraction of sp³-hybridized carbons (Fsp3) is 0.667. The minimum Gasteiger partial charge on any atom is -0.251 e. The maximum Gasteiger partial charge on any atom is 0.0950 e. The molecule has 0 aliphatic heterocycles. The highest BCUT2D eigenvalue weighted by atomic mass is 19.1. The zero-order valence-electron chi connectivity index (χ0n) is 4.74. The van der Waals surface area contributed by atoms with E-state index in [0.29, 0.717) is 6.42 Å². The summed E-state index contributed by atoms with van der Waals surface area (Å²) in [4.78, 5) is 0. The molecule has 0 saturated carbocycles. The van der Waals surface area contributed by atoms with Gasteiger partial charge in [-0.1, -0.05) is 6.08 Å². The first-order chi connectivity index (χ1) is 3.85. The lowest BCUT2D eigenvalue weighted by Crippen LogP contribution is -2.02. The standard InChI is InChI=1S/C6H10F2/c1-2-3-6(4-7)5-8/h2,6H,1,3-5H2. The molecule has 0 aliphatic rings. The van der Waals surface area contributed by atoms with Crippen molar-refractivity contribution in [2.75, 3.05) is 13.3 Å². The summed E-state index contributed by atoms with van der Waals surface area (Å²) in [5.41, 5.74) is 0. The van der Waals surface area contributed by atoms with E-state index in [1.165, 1.54) is 6.08 Å². The molecular formula is C6H10F2. The highest BCUT2D eigenvalue weighted by Gasteiger charge is 2.03. The number of halogens is 2. The molecular weight excluding hydrogens is 110 g/mol. The zero-order valence-corrected chi connectivity index (χ0v) is 4.74. The van der Waals surface area contributed by atoms with Gasteiger partial charge in [0.15, 0.2) is 0 Å². The summed E-state index contributed by atoms with van der Waals surface area (Å²) in [6.45, 7) is 2.20. The molecule has 0 aliphatic carbocycles. The van der Waals surface area contributed by atoms with Gasteiger partial charge in [-0.2, -0.15) is 0 Å². The quantitative estimate of drug-likeness (QED) is 0.498. The summed E-state index contributed by atoms with van der Waals surface area (Å²) in [5, 5.41) is 0. The van der Waals surface area contributed by atoms with Gasteiger partial charge in [-0.3, -0.25) is 8.78 Å². The van der Waals surface area contributed by atoms with E-state index in [1.54, 1.807) is 0 Å². The third kappa shape index (κ3) is 2.72. The molecule has 0 fully saturated rings.